The minimum atomic E-state index is -0.562. The van der Waals surface area contributed by atoms with Crippen molar-refractivity contribution in [1.82, 2.24) is 34.7 Å². The molecule has 6 rings (SSSR count). The van der Waals surface area contributed by atoms with Crippen LogP contribution in [0, 0.1) is 0 Å². The maximum atomic E-state index is 13.1. The lowest BCUT2D eigenvalue weighted by molar-refractivity contribution is 0.0556. The molecular formula is C26H28N8O3. The van der Waals surface area contributed by atoms with Gasteiger partial charge in [0.15, 0.2) is 11.4 Å². The highest BCUT2D eigenvalue weighted by molar-refractivity contribution is 6.00. The van der Waals surface area contributed by atoms with Crippen LogP contribution in [0.15, 0.2) is 36.8 Å². The summed E-state index contributed by atoms with van der Waals surface area (Å²) in [6.07, 6.45) is 5.68. The van der Waals surface area contributed by atoms with Gasteiger partial charge in [0.1, 0.15) is 12.1 Å². The fourth-order valence-corrected chi connectivity index (χ4v) is 5.99. The van der Waals surface area contributed by atoms with Crippen molar-refractivity contribution in [3.05, 3.63) is 59.4 Å². The molecule has 0 spiro atoms. The third kappa shape index (κ3) is 3.77. The molecule has 190 valence electrons. The van der Waals surface area contributed by atoms with Crippen molar-refractivity contribution in [2.45, 2.75) is 63.6 Å². The normalized spacial score (nSPS) is 21.9. The van der Waals surface area contributed by atoms with Crippen LogP contribution >= 0.6 is 0 Å². The Morgan fingerprint density at radius 1 is 1.16 bits per heavy atom. The summed E-state index contributed by atoms with van der Waals surface area (Å²) in [5, 5.41) is 20.9. The Labute approximate surface area is 212 Å². The molecule has 2 bridgehead atoms. The Morgan fingerprint density at radius 2 is 1.86 bits per heavy atom. The van der Waals surface area contributed by atoms with E-state index in [4.69, 9.17) is 10.7 Å². The van der Waals surface area contributed by atoms with Crippen LogP contribution < -0.4 is 5.73 Å². The number of piperidine rings is 1. The van der Waals surface area contributed by atoms with Gasteiger partial charge in [0.25, 0.3) is 5.91 Å². The van der Waals surface area contributed by atoms with E-state index >= 15 is 0 Å². The number of aliphatic hydroxyl groups is 1. The van der Waals surface area contributed by atoms with Crippen LogP contribution in [0.1, 0.15) is 83.8 Å². The number of hydrogen-bond donors (Lipinski definition) is 3. The van der Waals surface area contributed by atoms with Gasteiger partial charge in [-0.05, 0) is 50.7 Å². The minimum Gasteiger partial charge on any atom is -0.389 e. The number of amides is 1. The average molecular weight is 501 g/mol. The Hall–Kier alpha value is -4.12. The summed E-state index contributed by atoms with van der Waals surface area (Å²) in [5.41, 5.74) is 10.7. The van der Waals surface area contributed by atoms with Crippen LogP contribution in [-0.2, 0) is 0 Å². The van der Waals surface area contributed by atoms with Crippen molar-refractivity contribution >= 4 is 23.2 Å². The number of carbonyl (C=O) groups excluding carboxylic acids is 2. The molecule has 5 heterocycles. The van der Waals surface area contributed by atoms with E-state index in [0.717, 1.165) is 29.5 Å². The van der Waals surface area contributed by atoms with E-state index in [1.165, 1.54) is 17.8 Å². The van der Waals surface area contributed by atoms with Crippen molar-refractivity contribution in [3.63, 3.8) is 0 Å². The van der Waals surface area contributed by atoms with E-state index in [2.05, 4.69) is 20.3 Å². The van der Waals surface area contributed by atoms with Crippen molar-refractivity contribution in [2.75, 3.05) is 5.73 Å². The number of ketones is 1. The summed E-state index contributed by atoms with van der Waals surface area (Å²) in [4.78, 5) is 36.8. The number of aromatic nitrogens is 6. The highest BCUT2D eigenvalue weighted by Gasteiger charge is 2.46. The smallest absolute Gasteiger partial charge is 0.294 e. The van der Waals surface area contributed by atoms with Crippen LogP contribution in [0.25, 0.3) is 16.8 Å². The molecule has 2 aliphatic heterocycles. The molecule has 11 nitrogen and oxygen atoms in total. The number of aromatic amines is 1. The summed E-state index contributed by atoms with van der Waals surface area (Å²) < 4.78 is 1.52. The zero-order chi connectivity index (χ0) is 25.8. The van der Waals surface area contributed by atoms with Gasteiger partial charge >= 0.3 is 0 Å². The maximum absolute atomic E-state index is 13.1. The van der Waals surface area contributed by atoms with E-state index in [9.17, 15) is 14.7 Å². The molecule has 0 aliphatic carbocycles. The van der Waals surface area contributed by atoms with Gasteiger partial charge in [-0.1, -0.05) is 24.3 Å². The predicted octanol–water partition coefficient (Wildman–Crippen LogP) is 2.90. The number of aliphatic hydroxyl groups excluding tert-OH is 1. The number of H-pyrrole nitrogens is 1. The minimum absolute atomic E-state index is 0.0196. The van der Waals surface area contributed by atoms with Crippen LogP contribution in [-0.4, -0.2) is 63.6 Å². The molecular weight excluding hydrogens is 472 g/mol. The van der Waals surface area contributed by atoms with Crippen LogP contribution in [0.3, 0.4) is 0 Å². The molecule has 0 saturated carbocycles. The van der Waals surface area contributed by atoms with Gasteiger partial charge in [0.2, 0.25) is 5.82 Å². The summed E-state index contributed by atoms with van der Waals surface area (Å²) in [6, 6.07) is 7.62. The maximum Gasteiger partial charge on any atom is 0.294 e. The largest absolute Gasteiger partial charge is 0.389 e. The molecule has 37 heavy (non-hydrogen) atoms. The molecule has 2 fully saturated rings. The standard InChI is InChI=1S/C26H28N8O3/c1-13(35)15-3-5-16(6-4-15)20-11-30-34-23(27)21(14(2)36)22(31-25(20)34)17-9-18-7-8-19(10-17)33(18)26(37)24-28-12-29-32-24/h3-6,11-13,17-19,35H,7-10,27H2,1-2H3,(H,28,29,32)/t13?,17-,18-,19+. The number of hydrogen-bond acceptors (Lipinski definition) is 8. The predicted molar refractivity (Wildman–Crippen MR) is 135 cm³/mol. The number of carbonyl (C=O) groups is 2. The van der Waals surface area contributed by atoms with Crippen LogP contribution in [0.5, 0.6) is 0 Å². The second-order valence-corrected chi connectivity index (χ2v) is 9.99. The Morgan fingerprint density at radius 3 is 2.46 bits per heavy atom. The zero-order valence-electron chi connectivity index (χ0n) is 20.6. The van der Waals surface area contributed by atoms with E-state index in [0.29, 0.717) is 29.7 Å². The number of nitrogens with zero attached hydrogens (tertiary/aromatic N) is 6. The molecule has 4 N–H and O–H groups in total. The number of benzene rings is 1. The Bertz CT molecular complexity index is 1480. The fraction of sp³-hybridized carbons (Fsp3) is 0.385. The highest BCUT2D eigenvalue weighted by Crippen LogP contribution is 2.45. The van der Waals surface area contributed by atoms with Crippen molar-refractivity contribution < 1.29 is 14.7 Å². The summed E-state index contributed by atoms with van der Waals surface area (Å²) >= 11 is 0. The lowest BCUT2D eigenvalue weighted by Crippen LogP contribution is -2.46. The van der Waals surface area contributed by atoms with E-state index < -0.39 is 6.10 Å². The van der Waals surface area contributed by atoms with E-state index in [1.807, 2.05) is 29.2 Å². The topological polar surface area (TPSA) is 155 Å². The number of nitrogen functional groups attached to an aromatic ring is 1. The Balaban J connectivity index is 1.40. The fourth-order valence-electron chi connectivity index (χ4n) is 5.99. The van der Waals surface area contributed by atoms with Crippen LogP contribution in [0.4, 0.5) is 5.82 Å². The number of Topliss-reactive ketones (excluding diaryl/α,β-unsaturated/α-hetero) is 1. The molecule has 2 aliphatic rings. The number of nitrogens with two attached hydrogens (primary N) is 1. The first kappa shape index (κ1) is 23.3. The number of fused-ring (bicyclic) bond motifs is 3. The first-order valence-corrected chi connectivity index (χ1v) is 12.5. The average Bonchev–Trinajstić information content (AvgIpc) is 3.62. The molecule has 4 aromatic rings. The lowest BCUT2D eigenvalue weighted by Gasteiger charge is -2.38. The number of rotatable bonds is 5. The molecule has 2 saturated heterocycles. The lowest BCUT2D eigenvalue weighted by atomic mass is 9.85. The van der Waals surface area contributed by atoms with Gasteiger partial charge in [0, 0.05) is 23.6 Å². The van der Waals surface area contributed by atoms with Gasteiger partial charge < -0.3 is 15.7 Å². The van der Waals surface area contributed by atoms with Gasteiger partial charge in [-0.15, -0.1) is 5.10 Å². The second kappa shape index (κ2) is 8.77. The third-order valence-electron chi connectivity index (χ3n) is 7.73. The summed E-state index contributed by atoms with van der Waals surface area (Å²) in [6.45, 7) is 3.22. The zero-order valence-corrected chi connectivity index (χ0v) is 20.6. The van der Waals surface area contributed by atoms with Crippen molar-refractivity contribution in [3.8, 4) is 11.1 Å². The molecule has 11 heteroatoms. The first-order valence-electron chi connectivity index (χ1n) is 12.5. The number of anilines is 1. The quantitative estimate of drug-likeness (QED) is 0.353. The second-order valence-electron chi connectivity index (χ2n) is 9.99. The molecule has 3 aromatic heterocycles. The SMILES string of the molecule is CC(=O)c1c([C@@H]2C[C@H]3CC[C@@H](C2)N3C(=O)c2nc[nH]n2)nc2c(-c3ccc(C(C)O)cc3)cnn2c1N. The Kier molecular flexibility index (Phi) is 5.52. The van der Waals surface area contributed by atoms with Gasteiger partial charge in [-0.25, -0.2) is 9.97 Å². The molecule has 1 unspecified atom stereocenters. The van der Waals surface area contributed by atoms with Crippen molar-refractivity contribution in [2.24, 2.45) is 0 Å². The third-order valence-corrected chi connectivity index (χ3v) is 7.73. The number of nitrogens with one attached hydrogen (secondary N) is 1. The molecule has 0 radical (unpaired) electrons. The van der Waals surface area contributed by atoms with E-state index in [-0.39, 0.29) is 41.3 Å². The monoisotopic (exact) mass is 500 g/mol. The van der Waals surface area contributed by atoms with Crippen molar-refractivity contribution in [1.29, 1.82) is 0 Å². The van der Waals surface area contributed by atoms with Gasteiger partial charge in [-0.2, -0.15) is 9.61 Å². The van der Waals surface area contributed by atoms with Gasteiger partial charge in [-0.3, -0.25) is 14.7 Å². The molecule has 1 amide bonds. The highest BCUT2D eigenvalue weighted by atomic mass is 16.3. The van der Waals surface area contributed by atoms with Gasteiger partial charge in [0.05, 0.1) is 23.6 Å². The first-order chi connectivity index (χ1) is 17.8. The molecule has 1 aromatic carbocycles. The summed E-state index contributed by atoms with van der Waals surface area (Å²) in [5.74, 6) is 0.0905. The van der Waals surface area contributed by atoms with E-state index in [1.54, 1.807) is 13.1 Å². The van der Waals surface area contributed by atoms with Crippen LogP contribution in [0.2, 0.25) is 0 Å². The summed E-state index contributed by atoms with van der Waals surface area (Å²) in [7, 11) is 0. The molecule has 4 atom stereocenters.